The SMILES string of the molecule is Cc1ccc(C(C)NCCN(C)C(C)C)cc1F. The van der Waals surface area contributed by atoms with E-state index in [4.69, 9.17) is 0 Å². The van der Waals surface area contributed by atoms with E-state index in [1.54, 1.807) is 13.0 Å². The van der Waals surface area contributed by atoms with Crippen molar-refractivity contribution < 1.29 is 4.39 Å². The quantitative estimate of drug-likeness (QED) is 0.837. The molecule has 1 atom stereocenters. The van der Waals surface area contributed by atoms with Gasteiger partial charge in [0.15, 0.2) is 0 Å². The second-order valence-corrected chi connectivity index (χ2v) is 5.26. The Morgan fingerprint density at radius 1 is 1.28 bits per heavy atom. The molecule has 0 aliphatic heterocycles. The van der Waals surface area contributed by atoms with Crippen molar-refractivity contribution in [3.05, 3.63) is 35.1 Å². The van der Waals surface area contributed by atoms with Crippen molar-refractivity contribution in [1.29, 1.82) is 0 Å². The third-order valence-corrected chi connectivity index (χ3v) is 3.49. The van der Waals surface area contributed by atoms with Gasteiger partial charge >= 0.3 is 0 Å². The van der Waals surface area contributed by atoms with Gasteiger partial charge in [0.1, 0.15) is 5.82 Å². The van der Waals surface area contributed by atoms with Crippen LogP contribution in [0.3, 0.4) is 0 Å². The third kappa shape index (κ3) is 4.39. The van der Waals surface area contributed by atoms with Gasteiger partial charge in [0.2, 0.25) is 0 Å². The minimum Gasteiger partial charge on any atom is -0.309 e. The molecule has 18 heavy (non-hydrogen) atoms. The summed E-state index contributed by atoms with van der Waals surface area (Å²) in [6.07, 6.45) is 0. The minimum absolute atomic E-state index is 0.125. The fourth-order valence-electron chi connectivity index (χ4n) is 1.71. The summed E-state index contributed by atoms with van der Waals surface area (Å²) in [4.78, 5) is 2.29. The molecule has 1 unspecified atom stereocenters. The number of nitrogens with one attached hydrogen (secondary N) is 1. The first-order valence-corrected chi connectivity index (χ1v) is 6.61. The normalized spacial score (nSPS) is 13.3. The van der Waals surface area contributed by atoms with Crippen molar-refractivity contribution in [3.63, 3.8) is 0 Å². The zero-order valence-electron chi connectivity index (χ0n) is 12.1. The van der Waals surface area contributed by atoms with E-state index in [0.29, 0.717) is 11.6 Å². The van der Waals surface area contributed by atoms with Crippen LogP contribution in [0.5, 0.6) is 0 Å². The Morgan fingerprint density at radius 2 is 1.94 bits per heavy atom. The molecule has 0 saturated carbocycles. The van der Waals surface area contributed by atoms with E-state index in [1.807, 2.05) is 12.1 Å². The molecule has 2 nitrogen and oxygen atoms in total. The summed E-state index contributed by atoms with van der Waals surface area (Å²) in [5, 5.41) is 3.42. The Labute approximate surface area is 110 Å². The first-order chi connectivity index (χ1) is 8.41. The molecule has 0 heterocycles. The van der Waals surface area contributed by atoms with Crippen LogP contribution in [0.2, 0.25) is 0 Å². The minimum atomic E-state index is -0.125. The van der Waals surface area contributed by atoms with Gasteiger partial charge in [0.25, 0.3) is 0 Å². The summed E-state index contributed by atoms with van der Waals surface area (Å²) >= 11 is 0. The van der Waals surface area contributed by atoms with E-state index in [9.17, 15) is 4.39 Å². The molecule has 0 radical (unpaired) electrons. The zero-order chi connectivity index (χ0) is 13.7. The lowest BCUT2D eigenvalue weighted by atomic mass is 10.1. The van der Waals surface area contributed by atoms with Gasteiger partial charge in [-0.15, -0.1) is 0 Å². The van der Waals surface area contributed by atoms with Crippen LogP contribution in [0.25, 0.3) is 0 Å². The monoisotopic (exact) mass is 252 g/mol. The molecule has 0 fully saturated rings. The second-order valence-electron chi connectivity index (χ2n) is 5.26. The fourth-order valence-corrected chi connectivity index (χ4v) is 1.71. The predicted octanol–water partition coefficient (Wildman–Crippen LogP) is 3.12. The van der Waals surface area contributed by atoms with Gasteiger partial charge in [-0.3, -0.25) is 0 Å². The number of halogens is 1. The maximum Gasteiger partial charge on any atom is 0.126 e. The Kier molecular flexibility index (Phi) is 5.76. The highest BCUT2D eigenvalue weighted by atomic mass is 19.1. The Balaban J connectivity index is 2.45. The molecule has 0 amide bonds. The van der Waals surface area contributed by atoms with Crippen LogP contribution in [0.15, 0.2) is 18.2 Å². The lowest BCUT2D eigenvalue weighted by Crippen LogP contribution is -2.34. The summed E-state index contributed by atoms with van der Waals surface area (Å²) in [6, 6.07) is 6.18. The largest absolute Gasteiger partial charge is 0.309 e. The van der Waals surface area contributed by atoms with E-state index in [-0.39, 0.29) is 11.9 Å². The number of benzene rings is 1. The van der Waals surface area contributed by atoms with E-state index >= 15 is 0 Å². The number of nitrogens with zero attached hydrogens (tertiary/aromatic N) is 1. The highest BCUT2D eigenvalue weighted by Gasteiger charge is 2.08. The molecule has 0 spiro atoms. The van der Waals surface area contributed by atoms with Gasteiger partial charge in [0, 0.05) is 25.2 Å². The zero-order valence-corrected chi connectivity index (χ0v) is 12.1. The van der Waals surface area contributed by atoms with Crippen molar-refractivity contribution in [1.82, 2.24) is 10.2 Å². The number of rotatable bonds is 6. The molecule has 0 saturated heterocycles. The van der Waals surface area contributed by atoms with Gasteiger partial charge in [-0.05, 0) is 51.9 Å². The van der Waals surface area contributed by atoms with Crippen molar-refractivity contribution >= 4 is 0 Å². The smallest absolute Gasteiger partial charge is 0.126 e. The number of aryl methyl sites for hydroxylation is 1. The summed E-state index contributed by atoms with van der Waals surface area (Å²) in [5.74, 6) is -0.125. The van der Waals surface area contributed by atoms with Crippen LogP contribution < -0.4 is 5.32 Å². The van der Waals surface area contributed by atoms with Crippen molar-refractivity contribution in [3.8, 4) is 0 Å². The fraction of sp³-hybridized carbons (Fsp3) is 0.600. The van der Waals surface area contributed by atoms with E-state index in [0.717, 1.165) is 18.7 Å². The maximum absolute atomic E-state index is 13.5. The van der Waals surface area contributed by atoms with E-state index in [1.165, 1.54) is 0 Å². The second kappa shape index (κ2) is 6.86. The molecule has 1 rings (SSSR count). The van der Waals surface area contributed by atoms with E-state index < -0.39 is 0 Å². The van der Waals surface area contributed by atoms with Crippen molar-refractivity contribution in [2.45, 2.75) is 39.8 Å². The van der Waals surface area contributed by atoms with Crippen LogP contribution in [0, 0.1) is 12.7 Å². The molecule has 1 aromatic carbocycles. The lowest BCUT2D eigenvalue weighted by Gasteiger charge is -2.22. The molecule has 0 aliphatic carbocycles. The van der Waals surface area contributed by atoms with Gasteiger partial charge in [-0.25, -0.2) is 4.39 Å². The highest BCUT2D eigenvalue weighted by Crippen LogP contribution is 2.15. The Morgan fingerprint density at radius 3 is 2.50 bits per heavy atom. The van der Waals surface area contributed by atoms with Crippen LogP contribution in [0.1, 0.15) is 37.9 Å². The number of likely N-dealkylation sites (N-methyl/N-ethyl adjacent to an activating group) is 1. The van der Waals surface area contributed by atoms with Gasteiger partial charge in [0.05, 0.1) is 0 Å². The Hall–Kier alpha value is -0.930. The average Bonchev–Trinajstić information content (AvgIpc) is 2.32. The van der Waals surface area contributed by atoms with Crippen molar-refractivity contribution in [2.24, 2.45) is 0 Å². The molecule has 0 aromatic heterocycles. The summed E-state index contributed by atoms with van der Waals surface area (Å²) in [5.41, 5.74) is 1.70. The standard InChI is InChI=1S/C15H25FN2/c1-11(2)18(5)9-8-17-13(4)14-7-6-12(3)15(16)10-14/h6-7,10-11,13,17H,8-9H2,1-5H3. The summed E-state index contributed by atoms with van der Waals surface area (Å²) in [6.45, 7) is 10.1. The first kappa shape index (κ1) is 15.1. The first-order valence-electron chi connectivity index (χ1n) is 6.61. The third-order valence-electron chi connectivity index (χ3n) is 3.49. The molecular formula is C15H25FN2. The topological polar surface area (TPSA) is 15.3 Å². The molecular weight excluding hydrogens is 227 g/mol. The summed E-state index contributed by atoms with van der Waals surface area (Å²) in [7, 11) is 2.11. The van der Waals surface area contributed by atoms with Gasteiger partial charge in [-0.2, -0.15) is 0 Å². The maximum atomic E-state index is 13.5. The van der Waals surface area contributed by atoms with Crippen LogP contribution in [0.4, 0.5) is 4.39 Å². The molecule has 3 heteroatoms. The number of hydrogen-bond donors (Lipinski definition) is 1. The van der Waals surface area contributed by atoms with Gasteiger partial charge < -0.3 is 10.2 Å². The molecule has 102 valence electrons. The van der Waals surface area contributed by atoms with Gasteiger partial charge in [-0.1, -0.05) is 12.1 Å². The molecule has 1 N–H and O–H groups in total. The molecule has 0 aliphatic rings. The van der Waals surface area contributed by atoms with Crippen molar-refractivity contribution in [2.75, 3.05) is 20.1 Å². The lowest BCUT2D eigenvalue weighted by molar-refractivity contribution is 0.270. The number of hydrogen-bond acceptors (Lipinski definition) is 2. The predicted molar refractivity (Wildman–Crippen MR) is 75.3 cm³/mol. The summed E-state index contributed by atoms with van der Waals surface area (Å²) < 4.78 is 13.5. The van der Waals surface area contributed by atoms with Crippen LogP contribution in [-0.4, -0.2) is 31.1 Å². The Bertz CT molecular complexity index is 377. The van der Waals surface area contributed by atoms with Crippen LogP contribution in [-0.2, 0) is 0 Å². The average molecular weight is 252 g/mol. The molecule has 1 aromatic rings. The molecule has 0 bridgehead atoms. The van der Waals surface area contributed by atoms with E-state index in [2.05, 4.69) is 38.0 Å². The van der Waals surface area contributed by atoms with Crippen LogP contribution >= 0.6 is 0 Å². The highest BCUT2D eigenvalue weighted by molar-refractivity contribution is 5.25.